The summed E-state index contributed by atoms with van der Waals surface area (Å²) in [7, 11) is 0. The number of hydrogen-bond donors (Lipinski definition) is 1. The minimum atomic E-state index is 0.176. The van der Waals surface area contributed by atoms with Crippen molar-refractivity contribution in [2.45, 2.75) is 45.3 Å². The zero-order valence-electron chi connectivity index (χ0n) is 11.5. The van der Waals surface area contributed by atoms with E-state index in [4.69, 9.17) is 16.3 Å². The summed E-state index contributed by atoms with van der Waals surface area (Å²) in [6.45, 7) is 4.05. The quantitative estimate of drug-likeness (QED) is 0.618. The van der Waals surface area contributed by atoms with Crippen LogP contribution < -0.4 is 10.1 Å². The van der Waals surface area contributed by atoms with E-state index >= 15 is 0 Å². The fourth-order valence-electron chi connectivity index (χ4n) is 2.20. The van der Waals surface area contributed by atoms with Gasteiger partial charge in [0.15, 0.2) is 0 Å². The van der Waals surface area contributed by atoms with Crippen LogP contribution in [0.5, 0.6) is 5.75 Å². The van der Waals surface area contributed by atoms with Gasteiger partial charge in [-0.05, 0) is 56.0 Å². The molecule has 2 nitrogen and oxygen atoms in total. The summed E-state index contributed by atoms with van der Waals surface area (Å²) < 4.78 is 5.93. The van der Waals surface area contributed by atoms with E-state index in [2.05, 4.69) is 30.5 Å². The van der Waals surface area contributed by atoms with Gasteiger partial charge in [0, 0.05) is 6.54 Å². The molecule has 19 heavy (non-hydrogen) atoms. The molecule has 0 radical (unpaired) electrons. The van der Waals surface area contributed by atoms with E-state index in [0.29, 0.717) is 5.02 Å². The van der Waals surface area contributed by atoms with Crippen LogP contribution in [-0.4, -0.2) is 12.6 Å². The Hall–Kier alpha value is -0.990. The summed E-state index contributed by atoms with van der Waals surface area (Å²) in [5, 5.41) is 4.07. The lowest BCUT2D eigenvalue weighted by Gasteiger charge is -2.19. The highest BCUT2D eigenvalue weighted by molar-refractivity contribution is 6.32. The van der Waals surface area contributed by atoms with Crippen molar-refractivity contribution in [1.29, 1.82) is 0 Å². The Balaban J connectivity index is 1.94. The Morgan fingerprint density at radius 1 is 1.42 bits per heavy atom. The molecule has 0 heterocycles. The summed E-state index contributed by atoms with van der Waals surface area (Å²) in [4.78, 5) is 0. The van der Waals surface area contributed by atoms with Gasteiger partial charge in [-0.25, -0.2) is 0 Å². The van der Waals surface area contributed by atoms with Gasteiger partial charge in [-0.3, -0.25) is 0 Å². The average Bonchev–Trinajstić information content (AvgIpc) is 2.43. The fourth-order valence-corrected chi connectivity index (χ4v) is 2.45. The maximum Gasteiger partial charge on any atom is 0.138 e. The van der Waals surface area contributed by atoms with Gasteiger partial charge in [0.2, 0.25) is 0 Å². The molecule has 1 aliphatic carbocycles. The highest BCUT2D eigenvalue weighted by Crippen LogP contribution is 2.28. The summed E-state index contributed by atoms with van der Waals surface area (Å²) in [6, 6.07) is 6.05. The molecule has 0 saturated heterocycles. The smallest absolute Gasteiger partial charge is 0.138 e. The molecular formula is C16H22ClNO. The van der Waals surface area contributed by atoms with Gasteiger partial charge in [0.25, 0.3) is 0 Å². The monoisotopic (exact) mass is 279 g/mol. The summed E-state index contributed by atoms with van der Waals surface area (Å²) in [5.74, 6) is 0.789. The third kappa shape index (κ3) is 4.55. The Morgan fingerprint density at radius 3 is 3.00 bits per heavy atom. The lowest BCUT2D eigenvalue weighted by Crippen LogP contribution is -2.16. The van der Waals surface area contributed by atoms with Gasteiger partial charge in [-0.2, -0.15) is 0 Å². The maximum absolute atomic E-state index is 6.28. The van der Waals surface area contributed by atoms with Gasteiger partial charge in [0.1, 0.15) is 11.9 Å². The van der Waals surface area contributed by atoms with E-state index in [9.17, 15) is 0 Å². The third-order valence-electron chi connectivity index (χ3n) is 3.24. The second-order valence-electron chi connectivity index (χ2n) is 4.96. The molecule has 0 spiro atoms. The number of ether oxygens (including phenoxy) is 1. The van der Waals surface area contributed by atoms with Gasteiger partial charge >= 0.3 is 0 Å². The second-order valence-corrected chi connectivity index (χ2v) is 5.36. The van der Waals surface area contributed by atoms with Crippen LogP contribution in [0.3, 0.4) is 0 Å². The van der Waals surface area contributed by atoms with E-state index in [0.717, 1.165) is 38.1 Å². The van der Waals surface area contributed by atoms with E-state index in [1.165, 1.54) is 12.0 Å². The Labute approximate surface area is 120 Å². The predicted molar refractivity (Wildman–Crippen MR) is 80.9 cm³/mol. The SMILES string of the molecule is CCCNCc1ccc(OC2C=CCCC2)c(Cl)c1. The van der Waals surface area contributed by atoms with E-state index in [1.54, 1.807) is 0 Å². The summed E-state index contributed by atoms with van der Waals surface area (Å²) in [6.07, 6.45) is 9.07. The molecule has 1 N–H and O–H groups in total. The summed E-state index contributed by atoms with van der Waals surface area (Å²) >= 11 is 6.28. The number of allylic oxidation sites excluding steroid dienone is 1. The largest absolute Gasteiger partial charge is 0.485 e. The van der Waals surface area contributed by atoms with Crippen LogP contribution in [0, 0.1) is 0 Å². The van der Waals surface area contributed by atoms with Crippen molar-refractivity contribution in [3.63, 3.8) is 0 Å². The lowest BCUT2D eigenvalue weighted by molar-refractivity contribution is 0.230. The zero-order valence-corrected chi connectivity index (χ0v) is 12.2. The standard InChI is InChI=1S/C16H22ClNO/c1-2-10-18-12-13-8-9-16(15(17)11-13)19-14-6-4-3-5-7-14/h4,6,8-9,11,14,18H,2-3,5,7,10,12H2,1H3. The van der Waals surface area contributed by atoms with Gasteiger partial charge < -0.3 is 10.1 Å². The first-order valence-electron chi connectivity index (χ1n) is 7.12. The third-order valence-corrected chi connectivity index (χ3v) is 3.54. The first-order chi connectivity index (χ1) is 9.29. The number of hydrogen-bond acceptors (Lipinski definition) is 2. The zero-order chi connectivity index (χ0) is 13.5. The van der Waals surface area contributed by atoms with Crippen molar-refractivity contribution >= 4 is 11.6 Å². The van der Waals surface area contributed by atoms with Gasteiger partial charge in [-0.1, -0.05) is 30.7 Å². The first-order valence-corrected chi connectivity index (χ1v) is 7.50. The van der Waals surface area contributed by atoms with Crippen LogP contribution in [0.25, 0.3) is 0 Å². The second kappa shape index (κ2) is 7.56. The van der Waals surface area contributed by atoms with Crippen LogP contribution >= 0.6 is 11.6 Å². The number of nitrogens with one attached hydrogen (secondary N) is 1. The van der Waals surface area contributed by atoms with E-state index in [1.807, 2.05) is 12.1 Å². The van der Waals surface area contributed by atoms with Crippen molar-refractivity contribution in [2.24, 2.45) is 0 Å². The molecule has 1 aromatic rings. The van der Waals surface area contributed by atoms with Crippen LogP contribution in [0.2, 0.25) is 5.02 Å². The molecule has 1 atom stereocenters. The molecule has 1 aromatic carbocycles. The molecule has 2 rings (SSSR count). The summed E-state index contributed by atoms with van der Waals surface area (Å²) in [5.41, 5.74) is 1.20. The molecular weight excluding hydrogens is 258 g/mol. The van der Waals surface area contributed by atoms with Crippen LogP contribution in [0.4, 0.5) is 0 Å². The minimum Gasteiger partial charge on any atom is -0.485 e. The Kier molecular flexibility index (Phi) is 5.74. The molecule has 0 bridgehead atoms. The van der Waals surface area contributed by atoms with Crippen LogP contribution in [0.1, 0.15) is 38.2 Å². The highest BCUT2D eigenvalue weighted by Gasteiger charge is 2.12. The molecule has 0 fully saturated rings. The van der Waals surface area contributed by atoms with Crippen molar-refractivity contribution in [1.82, 2.24) is 5.32 Å². The first kappa shape index (κ1) is 14.4. The normalized spacial score (nSPS) is 18.5. The molecule has 1 unspecified atom stereocenters. The molecule has 3 heteroatoms. The molecule has 0 saturated carbocycles. The van der Waals surface area contributed by atoms with Gasteiger partial charge in [0.05, 0.1) is 5.02 Å². The van der Waals surface area contributed by atoms with Crippen LogP contribution in [0.15, 0.2) is 30.4 Å². The number of benzene rings is 1. The van der Waals surface area contributed by atoms with Crippen molar-refractivity contribution in [3.05, 3.63) is 40.9 Å². The fraction of sp³-hybridized carbons (Fsp3) is 0.500. The highest BCUT2D eigenvalue weighted by atomic mass is 35.5. The molecule has 0 aliphatic heterocycles. The van der Waals surface area contributed by atoms with Crippen molar-refractivity contribution in [3.8, 4) is 5.75 Å². The number of halogens is 1. The molecule has 0 amide bonds. The molecule has 104 valence electrons. The lowest BCUT2D eigenvalue weighted by atomic mass is 10.1. The van der Waals surface area contributed by atoms with E-state index in [-0.39, 0.29) is 6.10 Å². The molecule has 1 aliphatic rings. The Bertz CT molecular complexity index is 431. The predicted octanol–water partition coefficient (Wildman–Crippen LogP) is 4.33. The topological polar surface area (TPSA) is 21.3 Å². The van der Waals surface area contributed by atoms with Crippen molar-refractivity contribution in [2.75, 3.05) is 6.54 Å². The van der Waals surface area contributed by atoms with Gasteiger partial charge in [-0.15, -0.1) is 0 Å². The van der Waals surface area contributed by atoms with Crippen molar-refractivity contribution < 1.29 is 4.74 Å². The maximum atomic E-state index is 6.28. The molecule has 0 aromatic heterocycles. The number of rotatable bonds is 6. The van der Waals surface area contributed by atoms with Crippen LogP contribution in [-0.2, 0) is 6.54 Å². The van der Waals surface area contributed by atoms with E-state index < -0.39 is 0 Å². The minimum absolute atomic E-state index is 0.176. The Morgan fingerprint density at radius 2 is 2.32 bits per heavy atom. The average molecular weight is 280 g/mol.